The Balaban J connectivity index is 2.07. The highest BCUT2D eigenvalue weighted by Gasteiger charge is 2.18. The van der Waals surface area contributed by atoms with Gasteiger partial charge in [0, 0.05) is 11.9 Å². The van der Waals surface area contributed by atoms with Crippen LogP contribution in [0.3, 0.4) is 0 Å². The first-order valence-electron chi connectivity index (χ1n) is 5.04. The molecule has 0 aliphatic carbocycles. The molecule has 0 aromatic carbocycles. The van der Waals surface area contributed by atoms with Crippen LogP contribution in [0.2, 0.25) is 0 Å². The van der Waals surface area contributed by atoms with Crippen molar-refractivity contribution < 1.29 is 4.74 Å². The lowest BCUT2D eigenvalue weighted by Gasteiger charge is -2.21. The van der Waals surface area contributed by atoms with Crippen LogP contribution in [-0.4, -0.2) is 24.7 Å². The van der Waals surface area contributed by atoms with E-state index in [2.05, 4.69) is 29.5 Å². The predicted molar refractivity (Wildman–Crippen MR) is 57.8 cm³/mol. The molecule has 2 rings (SSSR count). The normalized spacial score (nSPS) is 22.9. The third-order valence-electron chi connectivity index (χ3n) is 2.35. The average Bonchev–Trinajstić information content (AvgIpc) is 2.68. The molecule has 14 heavy (non-hydrogen) atoms. The maximum atomic E-state index is 5.41. The summed E-state index contributed by atoms with van der Waals surface area (Å²) in [5.41, 5.74) is 1.19. The quantitative estimate of drug-likeness (QED) is 0.813. The van der Waals surface area contributed by atoms with Crippen molar-refractivity contribution in [1.29, 1.82) is 0 Å². The third-order valence-corrected chi connectivity index (χ3v) is 3.33. The van der Waals surface area contributed by atoms with E-state index >= 15 is 0 Å². The van der Waals surface area contributed by atoms with Crippen molar-refractivity contribution in [2.75, 3.05) is 19.8 Å². The highest BCUT2D eigenvalue weighted by Crippen LogP contribution is 2.23. The standard InChI is InChI=1S/C10H16N2OS/c1-7(2)9-6-14-10(12-9)8-5-13-4-3-11-8/h6-8,11H,3-5H2,1-2H3. The molecule has 0 radical (unpaired) electrons. The van der Waals surface area contributed by atoms with Crippen molar-refractivity contribution in [2.45, 2.75) is 25.8 Å². The summed E-state index contributed by atoms with van der Waals surface area (Å²) in [6, 6.07) is 0.307. The molecule has 0 amide bonds. The zero-order valence-electron chi connectivity index (χ0n) is 8.62. The zero-order chi connectivity index (χ0) is 9.97. The van der Waals surface area contributed by atoms with Crippen molar-refractivity contribution in [1.82, 2.24) is 10.3 Å². The number of thiazole rings is 1. The number of aromatic nitrogens is 1. The van der Waals surface area contributed by atoms with E-state index in [1.54, 1.807) is 11.3 Å². The minimum absolute atomic E-state index is 0.307. The van der Waals surface area contributed by atoms with E-state index in [0.29, 0.717) is 12.0 Å². The fourth-order valence-electron chi connectivity index (χ4n) is 1.45. The van der Waals surface area contributed by atoms with Crippen LogP contribution in [0.15, 0.2) is 5.38 Å². The lowest BCUT2D eigenvalue weighted by Crippen LogP contribution is -2.34. The minimum atomic E-state index is 0.307. The topological polar surface area (TPSA) is 34.1 Å². The minimum Gasteiger partial charge on any atom is -0.378 e. The van der Waals surface area contributed by atoms with Crippen molar-refractivity contribution in [3.05, 3.63) is 16.1 Å². The molecule has 1 saturated heterocycles. The lowest BCUT2D eigenvalue weighted by molar-refractivity contribution is 0.0767. The summed E-state index contributed by atoms with van der Waals surface area (Å²) in [6.07, 6.45) is 0. The molecule has 0 bridgehead atoms. The van der Waals surface area contributed by atoms with Gasteiger partial charge in [-0.05, 0) is 5.92 Å². The number of nitrogens with zero attached hydrogens (tertiary/aromatic N) is 1. The van der Waals surface area contributed by atoms with Crippen LogP contribution in [0.4, 0.5) is 0 Å². The van der Waals surface area contributed by atoms with Gasteiger partial charge < -0.3 is 10.1 Å². The summed E-state index contributed by atoms with van der Waals surface area (Å²) in [4.78, 5) is 4.61. The Morgan fingerprint density at radius 3 is 3.07 bits per heavy atom. The molecule has 0 spiro atoms. The smallest absolute Gasteiger partial charge is 0.112 e. The molecular formula is C10H16N2OS. The van der Waals surface area contributed by atoms with E-state index in [-0.39, 0.29) is 0 Å². The van der Waals surface area contributed by atoms with Gasteiger partial charge >= 0.3 is 0 Å². The summed E-state index contributed by atoms with van der Waals surface area (Å²) < 4.78 is 5.41. The first-order chi connectivity index (χ1) is 6.77. The Kier molecular flexibility index (Phi) is 3.15. The molecule has 0 saturated carbocycles. The van der Waals surface area contributed by atoms with Gasteiger partial charge in [0.15, 0.2) is 0 Å². The fraction of sp³-hybridized carbons (Fsp3) is 0.700. The number of nitrogens with one attached hydrogen (secondary N) is 1. The van der Waals surface area contributed by atoms with Gasteiger partial charge in [0.1, 0.15) is 5.01 Å². The highest BCUT2D eigenvalue weighted by molar-refractivity contribution is 7.09. The van der Waals surface area contributed by atoms with Gasteiger partial charge in [0.05, 0.1) is 24.9 Å². The summed E-state index contributed by atoms with van der Waals surface area (Å²) in [6.45, 7) is 6.85. The van der Waals surface area contributed by atoms with Gasteiger partial charge in [-0.15, -0.1) is 11.3 Å². The van der Waals surface area contributed by atoms with Crippen molar-refractivity contribution in [3.63, 3.8) is 0 Å². The number of ether oxygens (including phenoxy) is 1. The first kappa shape index (κ1) is 10.1. The van der Waals surface area contributed by atoms with Crippen LogP contribution in [-0.2, 0) is 4.74 Å². The van der Waals surface area contributed by atoms with Crippen LogP contribution in [0.1, 0.15) is 36.5 Å². The molecule has 1 atom stereocenters. The number of rotatable bonds is 2. The molecule has 1 aromatic rings. The van der Waals surface area contributed by atoms with E-state index < -0.39 is 0 Å². The zero-order valence-corrected chi connectivity index (χ0v) is 9.43. The van der Waals surface area contributed by atoms with Crippen LogP contribution in [0.5, 0.6) is 0 Å². The van der Waals surface area contributed by atoms with E-state index in [0.717, 1.165) is 24.8 Å². The summed E-state index contributed by atoms with van der Waals surface area (Å²) in [5, 5.41) is 6.72. The van der Waals surface area contributed by atoms with Crippen LogP contribution < -0.4 is 5.32 Å². The summed E-state index contributed by atoms with van der Waals surface area (Å²) in [5.74, 6) is 0.518. The Hall–Kier alpha value is -0.450. The number of hydrogen-bond donors (Lipinski definition) is 1. The van der Waals surface area contributed by atoms with Gasteiger partial charge in [0.25, 0.3) is 0 Å². The molecule has 3 nitrogen and oxygen atoms in total. The Morgan fingerprint density at radius 2 is 2.50 bits per heavy atom. The molecule has 1 aliphatic heterocycles. The van der Waals surface area contributed by atoms with Crippen LogP contribution in [0.25, 0.3) is 0 Å². The van der Waals surface area contributed by atoms with Crippen molar-refractivity contribution in [3.8, 4) is 0 Å². The molecule has 78 valence electrons. The Labute approximate surface area is 88.5 Å². The maximum absolute atomic E-state index is 5.41. The second-order valence-corrected chi connectivity index (χ2v) is 4.74. The number of hydrogen-bond acceptors (Lipinski definition) is 4. The summed E-state index contributed by atoms with van der Waals surface area (Å²) in [7, 11) is 0. The first-order valence-corrected chi connectivity index (χ1v) is 5.92. The van der Waals surface area contributed by atoms with Gasteiger partial charge in [-0.1, -0.05) is 13.8 Å². The molecule has 1 unspecified atom stereocenters. The second kappa shape index (κ2) is 4.38. The Morgan fingerprint density at radius 1 is 1.64 bits per heavy atom. The van der Waals surface area contributed by atoms with E-state index in [9.17, 15) is 0 Å². The van der Waals surface area contributed by atoms with Gasteiger partial charge in [-0.3, -0.25) is 0 Å². The van der Waals surface area contributed by atoms with Gasteiger partial charge in [-0.25, -0.2) is 4.98 Å². The molecular weight excluding hydrogens is 196 g/mol. The maximum Gasteiger partial charge on any atom is 0.112 e. The molecule has 1 aliphatic rings. The Bertz CT molecular complexity index is 292. The second-order valence-electron chi connectivity index (χ2n) is 3.85. The molecule has 4 heteroatoms. The van der Waals surface area contributed by atoms with Crippen LogP contribution in [0, 0.1) is 0 Å². The van der Waals surface area contributed by atoms with E-state index in [1.165, 1.54) is 5.69 Å². The highest BCUT2D eigenvalue weighted by atomic mass is 32.1. The van der Waals surface area contributed by atoms with Crippen LogP contribution >= 0.6 is 11.3 Å². The van der Waals surface area contributed by atoms with Crippen molar-refractivity contribution >= 4 is 11.3 Å². The van der Waals surface area contributed by atoms with Gasteiger partial charge in [0.2, 0.25) is 0 Å². The fourth-order valence-corrected chi connectivity index (χ4v) is 2.49. The largest absolute Gasteiger partial charge is 0.378 e. The third kappa shape index (κ3) is 2.13. The SMILES string of the molecule is CC(C)c1csc(C2COCCN2)n1. The lowest BCUT2D eigenvalue weighted by atomic mass is 10.2. The monoisotopic (exact) mass is 212 g/mol. The van der Waals surface area contributed by atoms with E-state index in [4.69, 9.17) is 4.74 Å². The average molecular weight is 212 g/mol. The van der Waals surface area contributed by atoms with Crippen molar-refractivity contribution in [2.24, 2.45) is 0 Å². The number of morpholine rings is 1. The summed E-state index contributed by atoms with van der Waals surface area (Å²) >= 11 is 1.73. The molecule has 1 fully saturated rings. The van der Waals surface area contributed by atoms with Gasteiger partial charge in [-0.2, -0.15) is 0 Å². The predicted octanol–water partition coefficient (Wildman–Crippen LogP) is 1.93. The molecule has 1 N–H and O–H groups in total. The van der Waals surface area contributed by atoms with E-state index in [1.807, 2.05) is 0 Å². The molecule has 2 heterocycles. The molecule has 1 aromatic heterocycles.